The van der Waals surface area contributed by atoms with Gasteiger partial charge in [0.2, 0.25) is 5.95 Å². The second-order valence-corrected chi connectivity index (χ2v) is 6.58. The highest BCUT2D eigenvalue weighted by atomic mass is 19.1. The number of rotatable bonds is 7. The van der Waals surface area contributed by atoms with Crippen LogP contribution >= 0.6 is 0 Å². The van der Waals surface area contributed by atoms with E-state index in [1.165, 1.54) is 30.5 Å². The van der Waals surface area contributed by atoms with Crippen molar-refractivity contribution in [1.29, 1.82) is 0 Å². The molecule has 1 aromatic heterocycles. The molecule has 0 radical (unpaired) electrons. The molecule has 0 bridgehead atoms. The van der Waals surface area contributed by atoms with Crippen molar-refractivity contribution in [1.82, 2.24) is 9.97 Å². The second-order valence-electron chi connectivity index (χ2n) is 6.58. The van der Waals surface area contributed by atoms with E-state index in [-0.39, 0.29) is 23.5 Å². The van der Waals surface area contributed by atoms with Crippen LogP contribution in [0.15, 0.2) is 54.7 Å². The van der Waals surface area contributed by atoms with Gasteiger partial charge in [0.1, 0.15) is 29.0 Å². The van der Waals surface area contributed by atoms with Crippen molar-refractivity contribution in [3.63, 3.8) is 0 Å². The summed E-state index contributed by atoms with van der Waals surface area (Å²) in [5, 5.41) is 5.23. The standard InChI is InChI=1S/C21H20F3N5O2/c1-13(12-31-2)26-20-25-11-10-18(27-20)29(15-8-6-14(22)7-9-15)21(30)28-19-16(23)4-3-5-17(19)24/h3-11,13H,12H2,1-2H3,(H,28,30)(H,25,26,27)/t13-/m0/s1. The number of nitrogens with one attached hydrogen (secondary N) is 2. The number of carbonyl (C=O) groups excluding carboxylic acids is 1. The predicted octanol–water partition coefficient (Wildman–Crippen LogP) is 4.71. The van der Waals surface area contributed by atoms with Gasteiger partial charge in [-0.05, 0) is 43.3 Å². The average molecular weight is 431 g/mol. The van der Waals surface area contributed by atoms with Crippen LogP contribution in [0.25, 0.3) is 0 Å². The summed E-state index contributed by atoms with van der Waals surface area (Å²) in [4.78, 5) is 22.5. The Bertz CT molecular complexity index is 1030. The van der Waals surface area contributed by atoms with Crippen molar-refractivity contribution >= 4 is 29.2 Å². The first-order valence-corrected chi connectivity index (χ1v) is 9.28. The molecule has 0 saturated heterocycles. The molecule has 0 aliphatic rings. The van der Waals surface area contributed by atoms with Crippen molar-refractivity contribution in [2.75, 3.05) is 29.3 Å². The minimum absolute atomic E-state index is 0.1000. The zero-order valence-electron chi connectivity index (χ0n) is 16.8. The maximum atomic E-state index is 14.0. The Morgan fingerprint density at radius 2 is 1.77 bits per heavy atom. The van der Waals surface area contributed by atoms with Crippen LogP contribution in [0.1, 0.15) is 6.92 Å². The molecule has 10 heteroatoms. The van der Waals surface area contributed by atoms with Crippen molar-refractivity contribution in [2.24, 2.45) is 0 Å². The number of anilines is 4. The first-order chi connectivity index (χ1) is 14.9. The summed E-state index contributed by atoms with van der Waals surface area (Å²) in [5.74, 6) is -2.08. The fourth-order valence-electron chi connectivity index (χ4n) is 2.78. The summed E-state index contributed by atoms with van der Waals surface area (Å²) < 4.78 is 46.6. The van der Waals surface area contributed by atoms with Gasteiger partial charge in [-0.1, -0.05) is 6.07 Å². The molecule has 0 unspecified atom stereocenters. The monoisotopic (exact) mass is 431 g/mol. The molecule has 3 rings (SSSR count). The van der Waals surface area contributed by atoms with Crippen LogP contribution in [-0.4, -0.2) is 35.8 Å². The molecule has 0 saturated carbocycles. The summed E-state index contributed by atoms with van der Waals surface area (Å²) in [6.07, 6.45) is 1.41. The van der Waals surface area contributed by atoms with Gasteiger partial charge in [-0.15, -0.1) is 0 Å². The molecule has 0 spiro atoms. The molecular formula is C21H20F3N5O2. The van der Waals surface area contributed by atoms with Crippen LogP contribution in [0.3, 0.4) is 0 Å². The third-order valence-electron chi connectivity index (χ3n) is 4.14. The van der Waals surface area contributed by atoms with Gasteiger partial charge in [-0.3, -0.25) is 0 Å². The molecule has 0 fully saturated rings. The van der Waals surface area contributed by atoms with Crippen molar-refractivity contribution in [2.45, 2.75) is 13.0 Å². The number of halogens is 3. The van der Waals surface area contributed by atoms with E-state index < -0.39 is 29.2 Å². The quantitative estimate of drug-likeness (QED) is 0.566. The first-order valence-electron chi connectivity index (χ1n) is 9.28. The molecule has 162 valence electrons. The molecule has 3 aromatic rings. The van der Waals surface area contributed by atoms with Crippen LogP contribution in [-0.2, 0) is 4.74 Å². The number of amides is 2. The highest BCUT2D eigenvalue weighted by Crippen LogP contribution is 2.27. The number of benzene rings is 2. The van der Waals surface area contributed by atoms with E-state index in [1.54, 1.807) is 7.11 Å². The molecule has 2 amide bonds. The molecule has 1 heterocycles. The average Bonchev–Trinajstić information content (AvgIpc) is 2.73. The summed E-state index contributed by atoms with van der Waals surface area (Å²) in [6.45, 7) is 2.24. The van der Waals surface area contributed by atoms with E-state index in [1.807, 2.05) is 6.92 Å². The molecule has 7 nitrogen and oxygen atoms in total. The molecule has 1 atom stereocenters. The van der Waals surface area contributed by atoms with Crippen LogP contribution in [0.5, 0.6) is 0 Å². The lowest BCUT2D eigenvalue weighted by Crippen LogP contribution is -2.32. The number of nitrogens with zero attached hydrogens (tertiary/aromatic N) is 3. The topological polar surface area (TPSA) is 79.4 Å². The third-order valence-corrected chi connectivity index (χ3v) is 4.14. The van der Waals surface area contributed by atoms with E-state index in [2.05, 4.69) is 20.6 Å². The van der Waals surface area contributed by atoms with Crippen molar-refractivity contribution < 1.29 is 22.7 Å². The number of para-hydroxylation sites is 1. The second kappa shape index (κ2) is 9.90. The fourth-order valence-corrected chi connectivity index (χ4v) is 2.78. The van der Waals surface area contributed by atoms with Crippen molar-refractivity contribution in [3.05, 3.63) is 72.2 Å². The Balaban J connectivity index is 1.97. The molecule has 2 N–H and O–H groups in total. The number of aromatic nitrogens is 2. The molecule has 31 heavy (non-hydrogen) atoms. The number of methoxy groups -OCH3 is 1. The maximum absolute atomic E-state index is 14.0. The Morgan fingerprint density at radius 1 is 1.10 bits per heavy atom. The number of hydrogen-bond acceptors (Lipinski definition) is 5. The predicted molar refractivity (Wildman–Crippen MR) is 111 cm³/mol. The number of carbonyl (C=O) groups is 1. The van der Waals surface area contributed by atoms with Crippen LogP contribution < -0.4 is 15.5 Å². The van der Waals surface area contributed by atoms with Gasteiger partial charge in [0.05, 0.1) is 12.3 Å². The highest BCUT2D eigenvalue weighted by Gasteiger charge is 2.23. The number of urea groups is 1. The molecule has 2 aromatic carbocycles. The minimum Gasteiger partial charge on any atom is -0.383 e. The SMILES string of the molecule is COC[C@H](C)Nc1nccc(N(C(=O)Nc2c(F)cccc2F)c2ccc(F)cc2)n1. The van der Waals surface area contributed by atoms with Gasteiger partial charge < -0.3 is 15.4 Å². The Labute approximate surface area is 176 Å². The van der Waals surface area contributed by atoms with Gasteiger partial charge in [0, 0.05) is 25.4 Å². The van der Waals surface area contributed by atoms with Crippen LogP contribution in [0, 0.1) is 17.5 Å². The van der Waals surface area contributed by atoms with Crippen molar-refractivity contribution in [3.8, 4) is 0 Å². The van der Waals surface area contributed by atoms with E-state index in [0.29, 0.717) is 6.61 Å². The van der Waals surface area contributed by atoms with Crippen LogP contribution in [0.2, 0.25) is 0 Å². The molecule has 0 aliphatic heterocycles. The maximum Gasteiger partial charge on any atom is 0.332 e. The van der Waals surface area contributed by atoms with Gasteiger partial charge >= 0.3 is 6.03 Å². The third kappa shape index (κ3) is 5.48. The highest BCUT2D eigenvalue weighted by molar-refractivity contribution is 6.06. The zero-order valence-corrected chi connectivity index (χ0v) is 16.8. The summed E-state index contributed by atoms with van der Waals surface area (Å²) in [7, 11) is 1.55. The summed E-state index contributed by atoms with van der Waals surface area (Å²) in [6, 6.07) is 8.63. The summed E-state index contributed by atoms with van der Waals surface area (Å²) >= 11 is 0. The van der Waals surface area contributed by atoms with Gasteiger partial charge in [-0.2, -0.15) is 4.98 Å². The minimum atomic E-state index is -0.939. The zero-order chi connectivity index (χ0) is 22.4. The lowest BCUT2D eigenvalue weighted by Gasteiger charge is -2.23. The Morgan fingerprint density at radius 3 is 2.42 bits per heavy atom. The van der Waals surface area contributed by atoms with Gasteiger partial charge in [-0.25, -0.2) is 27.8 Å². The van der Waals surface area contributed by atoms with E-state index in [4.69, 9.17) is 4.74 Å². The summed E-state index contributed by atoms with van der Waals surface area (Å²) in [5.41, 5.74) is -0.383. The largest absolute Gasteiger partial charge is 0.383 e. The molecular weight excluding hydrogens is 411 g/mol. The first kappa shape index (κ1) is 22.0. The Kier molecular flexibility index (Phi) is 7.03. The van der Waals surface area contributed by atoms with E-state index >= 15 is 0 Å². The lowest BCUT2D eigenvalue weighted by atomic mass is 10.2. The molecule has 0 aliphatic carbocycles. The number of ether oxygens (including phenoxy) is 1. The Hall–Kier alpha value is -3.66. The van der Waals surface area contributed by atoms with Crippen LogP contribution in [0.4, 0.5) is 41.1 Å². The fraction of sp³-hybridized carbons (Fsp3) is 0.190. The number of hydrogen-bond donors (Lipinski definition) is 2. The van der Waals surface area contributed by atoms with E-state index in [0.717, 1.165) is 29.2 Å². The lowest BCUT2D eigenvalue weighted by molar-refractivity contribution is 0.190. The smallest absolute Gasteiger partial charge is 0.332 e. The normalized spacial score (nSPS) is 11.6. The van der Waals surface area contributed by atoms with E-state index in [9.17, 15) is 18.0 Å². The van der Waals surface area contributed by atoms with Gasteiger partial charge in [0.15, 0.2) is 0 Å². The van der Waals surface area contributed by atoms with Gasteiger partial charge in [0.25, 0.3) is 0 Å².